The highest BCUT2D eigenvalue weighted by molar-refractivity contribution is 7.92. The van der Waals surface area contributed by atoms with Crippen molar-refractivity contribution >= 4 is 15.9 Å². The van der Waals surface area contributed by atoms with E-state index in [0.29, 0.717) is 12.0 Å². The molecule has 0 aromatic rings. The van der Waals surface area contributed by atoms with Crippen LogP contribution in [0.1, 0.15) is 39.5 Å². The fraction of sp³-hybridized carbons (Fsp3) is 0.938. The molecular formula is C16H28N2O4S. The molecule has 3 atom stereocenters. The first-order chi connectivity index (χ1) is 10.6. The Morgan fingerprint density at radius 3 is 2.57 bits per heavy atom. The van der Waals surface area contributed by atoms with Crippen molar-refractivity contribution in [2.75, 3.05) is 26.5 Å². The third-order valence-corrected chi connectivity index (χ3v) is 8.42. The molecule has 1 spiro atoms. The Kier molecular flexibility index (Phi) is 3.95. The van der Waals surface area contributed by atoms with Crippen molar-refractivity contribution in [3.8, 4) is 0 Å². The van der Waals surface area contributed by atoms with Gasteiger partial charge in [0.2, 0.25) is 0 Å². The Morgan fingerprint density at radius 2 is 2.04 bits per heavy atom. The van der Waals surface area contributed by atoms with Crippen LogP contribution < -0.4 is 5.32 Å². The monoisotopic (exact) mass is 344 g/mol. The Bertz CT molecular complexity index is 597. The minimum Gasteiger partial charge on any atom is -0.377 e. The highest BCUT2D eigenvalue weighted by Gasteiger charge is 2.67. The zero-order valence-electron chi connectivity index (χ0n) is 14.5. The number of fused-ring (bicyclic) bond motifs is 2. The van der Waals surface area contributed by atoms with Gasteiger partial charge in [-0.15, -0.1) is 0 Å². The maximum absolute atomic E-state index is 12.5. The van der Waals surface area contributed by atoms with E-state index in [1.807, 2.05) is 0 Å². The van der Waals surface area contributed by atoms with Crippen molar-refractivity contribution in [2.24, 2.45) is 11.3 Å². The normalized spacial score (nSPS) is 31.9. The summed E-state index contributed by atoms with van der Waals surface area (Å²) >= 11 is 0. The molecule has 0 unspecified atom stereocenters. The zero-order chi connectivity index (χ0) is 17.0. The molecule has 1 saturated heterocycles. The van der Waals surface area contributed by atoms with Crippen LogP contribution in [0.5, 0.6) is 0 Å². The summed E-state index contributed by atoms with van der Waals surface area (Å²) in [6.07, 6.45) is 6.00. The molecule has 0 aromatic carbocycles. The Morgan fingerprint density at radius 1 is 1.39 bits per heavy atom. The number of nitrogens with zero attached hydrogens (tertiary/aromatic N) is 1. The smallest absolute Gasteiger partial charge is 0.317 e. The molecule has 7 heteroatoms. The first-order valence-corrected chi connectivity index (χ1v) is 10.3. The van der Waals surface area contributed by atoms with Crippen LogP contribution in [0.15, 0.2) is 0 Å². The van der Waals surface area contributed by atoms with Gasteiger partial charge < -0.3 is 15.0 Å². The van der Waals surface area contributed by atoms with Crippen molar-refractivity contribution in [3.05, 3.63) is 0 Å². The standard InChI is InChI=1S/C16H28N2O4S/c1-15(2,23(4,20)21)10-18(3)14(19)17-12-11-6-9-22-13(11)16(12)7-5-8-16/h11-13H,5-10H2,1-4H3,(H,17,19)/t11-,12-,13-/m1/s1. The van der Waals surface area contributed by atoms with Gasteiger partial charge in [-0.2, -0.15) is 0 Å². The zero-order valence-corrected chi connectivity index (χ0v) is 15.3. The number of ether oxygens (including phenoxy) is 1. The van der Waals surface area contributed by atoms with Gasteiger partial charge >= 0.3 is 6.03 Å². The molecule has 1 N–H and O–H groups in total. The summed E-state index contributed by atoms with van der Waals surface area (Å²) in [5.74, 6) is 0.426. The third-order valence-electron chi connectivity index (χ3n) is 6.28. The van der Waals surface area contributed by atoms with Gasteiger partial charge in [0.25, 0.3) is 0 Å². The molecule has 23 heavy (non-hydrogen) atoms. The second-order valence-electron chi connectivity index (χ2n) is 8.15. The summed E-state index contributed by atoms with van der Waals surface area (Å²) in [5.41, 5.74) is 0.143. The second kappa shape index (κ2) is 5.34. The number of nitrogens with one attached hydrogen (secondary N) is 1. The van der Waals surface area contributed by atoms with E-state index in [0.717, 1.165) is 25.9 Å². The second-order valence-corrected chi connectivity index (χ2v) is 10.8. The van der Waals surface area contributed by atoms with E-state index in [1.165, 1.54) is 17.6 Å². The van der Waals surface area contributed by atoms with Crippen molar-refractivity contribution < 1.29 is 17.9 Å². The largest absolute Gasteiger partial charge is 0.377 e. The Hall–Kier alpha value is -0.820. The Labute approximate surface area is 138 Å². The van der Waals surface area contributed by atoms with Crippen molar-refractivity contribution in [3.63, 3.8) is 0 Å². The van der Waals surface area contributed by atoms with Crippen LogP contribution in [0, 0.1) is 11.3 Å². The number of rotatable bonds is 4. The summed E-state index contributed by atoms with van der Waals surface area (Å²) < 4.78 is 28.6. The lowest BCUT2D eigenvalue weighted by molar-refractivity contribution is -0.172. The average molecular weight is 344 g/mol. The van der Waals surface area contributed by atoms with Gasteiger partial charge in [-0.1, -0.05) is 6.42 Å². The molecule has 0 aromatic heterocycles. The fourth-order valence-corrected chi connectivity index (χ4v) is 4.89. The van der Waals surface area contributed by atoms with Gasteiger partial charge in [0.1, 0.15) is 0 Å². The molecule has 2 saturated carbocycles. The van der Waals surface area contributed by atoms with Crippen LogP contribution >= 0.6 is 0 Å². The highest BCUT2D eigenvalue weighted by atomic mass is 32.2. The van der Waals surface area contributed by atoms with Crippen LogP contribution in [-0.4, -0.2) is 62.7 Å². The summed E-state index contributed by atoms with van der Waals surface area (Å²) in [7, 11) is -1.56. The molecule has 0 radical (unpaired) electrons. The molecule has 0 bridgehead atoms. The molecule has 2 aliphatic carbocycles. The van der Waals surface area contributed by atoms with Crippen LogP contribution in [0.25, 0.3) is 0 Å². The van der Waals surface area contributed by atoms with E-state index in [2.05, 4.69) is 5.32 Å². The molecule has 132 valence electrons. The number of sulfone groups is 1. The number of carbonyl (C=O) groups excluding carboxylic acids is 1. The number of hydrogen-bond donors (Lipinski definition) is 1. The SMILES string of the molecule is CN(CC(C)(C)S(C)(=O)=O)C(=O)N[C@@H]1[C@H]2CCO[C@H]2C12CCC2. The summed E-state index contributed by atoms with van der Waals surface area (Å²) in [6, 6.07) is 0.00314. The van der Waals surface area contributed by atoms with E-state index in [-0.39, 0.29) is 24.0 Å². The summed E-state index contributed by atoms with van der Waals surface area (Å²) in [5, 5.41) is 3.17. The topological polar surface area (TPSA) is 75.7 Å². The van der Waals surface area contributed by atoms with E-state index in [4.69, 9.17) is 4.74 Å². The first kappa shape index (κ1) is 17.0. The summed E-state index contributed by atoms with van der Waals surface area (Å²) in [4.78, 5) is 14.0. The fourth-order valence-electron chi connectivity index (χ4n) is 4.46. The molecule has 3 fully saturated rings. The minimum absolute atomic E-state index is 0.143. The van der Waals surface area contributed by atoms with E-state index < -0.39 is 14.6 Å². The van der Waals surface area contributed by atoms with Crippen molar-refractivity contribution in [2.45, 2.75) is 56.4 Å². The van der Waals surface area contributed by atoms with Gasteiger partial charge in [-0.25, -0.2) is 13.2 Å². The molecule has 3 aliphatic rings. The number of hydrogen-bond acceptors (Lipinski definition) is 4. The van der Waals surface area contributed by atoms with Crippen LogP contribution in [0.2, 0.25) is 0 Å². The lowest BCUT2D eigenvalue weighted by Crippen LogP contribution is -2.72. The molecule has 1 heterocycles. The highest BCUT2D eigenvalue weighted by Crippen LogP contribution is 2.62. The van der Waals surface area contributed by atoms with E-state index in [1.54, 1.807) is 20.9 Å². The van der Waals surface area contributed by atoms with Crippen molar-refractivity contribution in [1.29, 1.82) is 0 Å². The molecule has 2 amide bonds. The predicted molar refractivity (Wildman–Crippen MR) is 88.0 cm³/mol. The first-order valence-electron chi connectivity index (χ1n) is 8.41. The maximum atomic E-state index is 12.5. The quantitative estimate of drug-likeness (QED) is 0.837. The average Bonchev–Trinajstić information content (AvgIpc) is 2.77. The van der Waals surface area contributed by atoms with Gasteiger partial charge in [-0.05, 0) is 33.1 Å². The Balaban J connectivity index is 1.63. The summed E-state index contributed by atoms with van der Waals surface area (Å²) in [6.45, 7) is 4.29. The van der Waals surface area contributed by atoms with Crippen LogP contribution in [0.3, 0.4) is 0 Å². The third kappa shape index (κ3) is 2.56. The number of carbonyl (C=O) groups is 1. The lowest BCUT2D eigenvalue weighted by atomic mass is 9.46. The molecular weight excluding hydrogens is 316 g/mol. The molecule has 3 rings (SSSR count). The van der Waals surface area contributed by atoms with E-state index >= 15 is 0 Å². The van der Waals surface area contributed by atoms with Crippen LogP contribution in [0.4, 0.5) is 4.79 Å². The predicted octanol–water partition coefficient (Wildman–Crippen LogP) is 1.41. The minimum atomic E-state index is -3.22. The molecule has 6 nitrogen and oxygen atoms in total. The van der Waals surface area contributed by atoms with Gasteiger partial charge in [0, 0.05) is 43.8 Å². The van der Waals surface area contributed by atoms with Gasteiger partial charge in [-0.3, -0.25) is 0 Å². The number of amides is 2. The van der Waals surface area contributed by atoms with Crippen molar-refractivity contribution in [1.82, 2.24) is 10.2 Å². The van der Waals surface area contributed by atoms with E-state index in [9.17, 15) is 13.2 Å². The maximum Gasteiger partial charge on any atom is 0.317 e. The number of urea groups is 1. The van der Waals surface area contributed by atoms with Gasteiger partial charge in [0.05, 0.1) is 10.9 Å². The van der Waals surface area contributed by atoms with Crippen LogP contribution in [-0.2, 0) is 14.6 Å². The molecule has 1 aliphatic heterocycles. The van der Waals surface area contributed by atoms with Gasteiger partial charge in [0.15, 0.2) is 9.84 Å². The lowest BCUT2D eigenvalue weighted by Gasteiger charge is -2.63.